The van der Waals surface area contributed by atoms with Crippen LogP contribution in [0.15, 0.2) is 24.3 Å². The third kappa shape index (κ3) is 4.68. The number of benzene rings is 1. The molecule has 2 rings (SSSR count). The van der Waals surface area contributed by atoms with Crippen LogP contribution in [0.4, 0.5) is 4.79 Å². The van der Waals surface area contributed by atoms with Gasteiger partial charge < -0.3 is 20.1 Å². The zero-order chi connectivity index (χ0) is 20.1. The predicted octanol–water partition coefficient (Wildman–Crippen LogP) is 3.23. The van der Waals surface area contributed by atoms with Gasteiger partial charge in [0.2, 0.25) is 0 Å². The average Bonchev–Trinajstić information content (AvgIpc) is 2.63. The van der Waals surface area contributed by atoms with Crippen molar-refractivity contribution in [2.75, 3.05) is 27.7 Å². The lowest BCUT2D eigenvalue weighted by atomic mass is 9.97. The number of halogens is 1. The molecule has 0 unspecified atom stereocenters. The number of carbonyl (C=O) groups is 2. The topological polar surface area (TPSA) is 91.8 Å². The third-order valence-electron chi connectivity index (χ3n) is 4.06. The molecule has 0 saturated heterocycles. The maximum absolute atomic E-state index is 12.2. The van der Waals surface area contributed by atoms with Crippen LogP contribution in [0.25, 0.3) is 11.3 Å². The Balaban J connectivity index is 2.55. The second-order valence-electron chi connectivity index (χ2n) is 6.14. The molecular formula is C19H22ClN3O4. The normalized spacial score (nSPS) is 10.4. The molecule has 2 aromatic rings. The first kappa shape index (κ1) is 20.5. The standard InChI is InChI=1S/C19H22ClN3O4/c1-11-13(20)10-12(8-9-21-19(25)26)17(27-4)16(11)14-6-5-7-15(22-14)18(24)23(2)3/h5-7,10,21H,8-9H2,1-4H3,(H,25,26). The minimum atomic E-state index is -1.09. The number of hydrogen-bond acceptors (Lipinski definition) is 4. The lowest BCUT2D eigenvalue weighted by Crippen LogP contribution is -2.23. The van der Waals surface area contributed by atoms with Crippen LogP contribution in [0.1, 0.15) is 21.6 Å². The van der Waals surface area contributed by atoms with E-state index in [4.69, 9.17) is 21.4 Å². The SMILES string of the molecule is COc1c(CCNC(=O)O)cc(Cl)c(C)c1-c1cccc(C(=O)N(C)C)n1. The molecule has 0 radical (unpaired) electrons. The highest BCUT2D eigenvalue weighted by Gasteiger charge is 2.20. The van der Waals surface area contributed by atoms with Crippen molar-refractivity contribution in [2.24, 2.45) is 0 Å². The van der Waals surface area contributed by atoms with E-state index in [1.807, 2.05) is 6.92 Å². The largest absolute Gasteiger partial charge is 0.496 e. The first-order valence-corrected chi connectivity index (χ1v) is 8.65. The molecule has 2 N–H and O–H groups in total. The lowest BCUT2D eigenvalue weighted by Gasteiger charge is -2.18. The number of ether oxygens (including phenoxy) is 1. The van der Waals surface area contributed by atoms with Gasteiger partial charge in [0, 0.05) is 31.2 Å². The van der Waals surface area contributed by atoms with E-state index >= 15 is 0 Å². The van der Waals surface area contributed by atoms with E-state index in [2.05, 4.69) is 10.3 Å². The zero-order valence-corrected chi connectivity index (χ0v) is 16.4. The van der Waals surface area contributed by atoms with Crippen molar-refractivity contribution in [3.63, 3.8) is 0 Å². The third-order valence-corrected chi connectivity index (χ3v) is 4.45. The molecule has 144 valence electrons. The second kappa shape index (κ2) is 8.73. The van der Waals surface area contributed by atoms with E-state index in [9.17, 15) is 9.59 Å². The molecule has 0 atom stereocenters. The molecule has 0 aliphatic carbocycles. The van der Waals surface area contributed by atoms with Crippen LogP contribution in [0.2, 0.25) is 5.02 Å². The summed E-state index contributed by atoms with van der Waals surface area (Å²) >= 11 is 6.40. The molecule has 1 aromatic carbocycles. The van der Waals surface area contributed by atoms with E-state index in [1.54, 1.807) is 38.4 Å². The Morgan fingerprint density at radius 2 is 2.04 bits per heavy atom. The van der Waals surface area contributed by atoms with Gasteiger partial charge in [-0.15, -0.1) is 0 Å². The van der Waals surface area contributed by atoms with Gasteiger partial charge in [-0.1, -0.05) is 17.7 Å². The van der Waals surface area contributed by atoms with Crippen molar-refractivity contribution in [3.8, 4) is 17.0 Å². The van der Waals surface area contributed by atoms with Crippen molar-refractivity contribution in [1.82, 2.24) is 15.2 Å². The smallest absolute Gasteiger partial charge is 0.404 e. The molecule has 27 heavy (non-hydrogen) atoms. The fraction of sp³-hybridized carbons (Fsp3) is 0.316. The van der Waals surface area contributed by atoms with Gasteiger partial charge in [0.05, 0.1) is 12.8 Å². The Hall–Kier alpha value is -2.80. The van der Waals surface area contributed by atoms with Crippen molar-refractivity contribution >= 4 is 23.6 Å². The fourth-order valence-corrected chi connectivity index (χ4v) is 2.96. The van der Waals surface area contributed by atoms with Gasteiger partial charge in [0.25, 0.3) is 5.91 Å². The number of nitrogens with zero attached hydrogens (tertiary/aromatic N) is 2. The Kier molecular flexibility index (Phi) is 6.63. The molecule has 8 heteroatoms. The molecule has 1 aromatic heterocycles. The lowest BCUT2D eigenvalue weighted by molar-refractivity contribution is 0.0822. The second-order valence-corrected chi connectivity index (χ2v) is 6.55. The summed E-state index contributed by atoms with van der Waals surface area (Å²) < 4.78 is 5.60. The number of aromatic nitrogens is 1. The average molecular weight is 392 g/mol. The number of nitrogens with one attached hydrogen (secondary N) is 1. The van der Waals surface area contributed by atoms with Gasteiger partial charge in [-0.3, -0.25) is 4.79 Å². The van der Waals surface area contributed by atoms with Crippen molar-refractivity contribution in [2.45, 2.75) is 13.3 Å². The molecule has 2 amide bonds. The number of carboxylic acid groups (broad SMARTS) is 1. The van der Waals surface area contributed by atoms with Gasteiger partial charge >= 0.3 is 6.09 Å². The molecule has 0 saturated carbocycles. The van der Waals surface area contributed by atoms with Crippen LogP contribution < -0.4 is 10.1 Å². The molecule has 0 aliphatic heterocycles. The minimum Gasteiger partial charge on any atom is -0.496 e. The van der Waals surface area contributed by atoms with E-state index < -0.39 is 6.09 Å². The summed E-state index contributed by atoms with van der Waals surface area (Å²) in [6.45, 7) is 2.07. The summed E-state index contributed by atoms with van der Waals surface area (Å²) in [4.78, 5) is 28.9. The Bertz CT molecular complexity index is 868. The minimum absolute atomic E-state index is 0.207. The van der Waals surface area contributed by atoms with E-state index in [0.717, 1.165) is 11.1 Å². The summed E-state index contributed by atoms with van der Waals surface area (Å²) in [6, 6.07) is 6.95. The van der Waals surface area contributed by atoms with E-state index in [1.165, 1.54) is 12.0 Å². The van der Waals surface area contributed by atoms with Gasteiger partial charge in [0.1, 0.15) is 11.4 Å². The fourth-order valence-electron chi connectivity index (χ4n) is 2.73. The van der Waals surface area contributed by atoms with E-state index in [0.29, 0.717) is 34.1 Å². The van der Waals surface area contributed by atoms with Crippen LogP contribution in [0.5, 0.6) is 5.75 Å². The Morgan fingerprint density at radius 3 is 2.63 bits per heavy atom. The van der Waals surface area contributed by atoms with Crippen LogP contribution in [0.3, 0.4) is 0 Å². The van der Waals surface area contributed by atoms with Crippen molar-refractivity contribution in [3.05, 3.63) is 46.1 Å². The number of pyridine rings is 1. The summed E-state index contributed by atoms with van der Waals surface area (Å²) in [5.74, 6) is 0.354. The summed E-state index contributed by atoms with van der Waals surface area (Å²) in [5, 5.41) is 11.6. The highest BCUT2D eigenvalue weighted by molar-refractivity contribution is 6.32. The van der Waals surface area contributed by atoms with Crippen molar-refractivity contribution < 1.29 is 19.4 Å². The highest BCUT2D eigenvalue weighted by atomic mass is 35.5. The molecule has 0 aliphatic rings. The Labute approximate surface area is 162 Å². The van der Waals surface area contributed by atoms with Crippen LogP contribution in [-0.2, 0) is 6.42 Å². The first-order chi connectivity index (χ1) is 12.8. The monoisotopic (exact) mass is 391 g/mol. The van der Waals surface area contributed by atoms with Gasteiger partial charge in [-0.25, -0.2) is 9.78 Å². The quantitative estimate of drug-likeness (QED) is 0.788. The zero-order valence-electron chi connectivity index (χ0n) is 15.7. The van der Waals surface area contributed by atoms with Gasteiger partial charge in [-0.05, 0) is 42.7 Å². The van der Waals surface area contributed by atoms with Gasteiger partial charge in [0.15, 0.2) is 0 Å². The number of hydrogen-bond donors (Lipinski definition) is 2. The summed E-state index contributed by atoms with van der Waals surface area (Å²) in [6.07, 6.45) is -0.692. The van der Waals surface area contributed by atoms with Crippen molar-refractivity contribution in [1.29, 1.82) is 0 Å². The number of amides is 2. The number of carbonyl (C=O) groups excluding carboxylic acids is 1. The predicted molar refractivity (Wildman–Crippen MR) is 104 cm³/mol. The van der Waals surface area contributed by atoms with Gasteiger partial charge in [-0.2, -0.15) is 0 Å². The maximum Gasteiger partial charge on any atom is 0.404 e. The molecule has 1 heterocycles. The maximum atomic E-state index is 12.2. The number of methoxy groups -OCH3 is 1. The molecule has 0 bridgehead atoms. The molecular weight excluding hydrogens is 370 g/mol. The summed E-state index contributed by atoms with van der Waals surface area (Å²) in [7, 11) is 4.86. The van der Waals surface area contributed by atoms with Crippen LogP contribution >= 0.6 is 11.6 Å². The highest BCUT2D eigenvalue weighted by Crippen LogP contribution is 2.39. The molecule has 0 spiro atoms. The first-order valence-electron chi connectivity index (χ1n) is 8.28. The number of rotatable bonds is 6. The molecule has 7 nitrogen and oxygen atoms in total. The van der Waals surface area contributed by atoms with E-state index in [-0.39, 0.29) is 12.5 Å². The Morgan fingerprint density at radius 1 is 1.33 bits per heavy atom. The van der Waals surface area contributed by atoms with Crippen LogP contribution in [0, 0.1) is 6.92 Å². The summed E-state index contributed by atoms with van der Waals surface area (Å²) in [5.41, 5.74) is 3.08. The molecule has 0 fully saturated rings. The van der Waals surface area contributed by atoms with Crippen LogP contribution in [-0.4, -0.2) is 54.7 Å².